The number of benzene rings is 1. The predicted molar refractivity (Wildman–Crippen MR) is 204 cm³/mol. The first-order valence-electron chi connectivity index (χ1n) is 19.0. The van der Waals surface area contributed by atoms with Crippen LogP contribution in [0.2, 0.25) is 0 Å². The molecule has 0 saturated carbocycles. The van der Waals surface area contributed by atoms with Gasteiger partial charge in [-0.1, -0.05) is 85.2 Å². The van der Waals surface area contributed by atoms with Crippen molar-refractivity contribution in [1.29, 1.82) is 0 Å². The first kappa shape index (κ1) is 45.1. The Morgan fingerprint density at radius 2 is 1.52 bits per heavy atom. The molecule has 2 rings (SSSR count). The molecule has 10 atom stereocenters. The first-order chi connectivity index (χ1) is 24.4. The van der Waals surface area contributed by atoms with Crippen molar-refractivity contribution >= 4 is 23.6 Å². The van der Waals surface area contributed by atoms with Crippen molar-refractivity contribution in [2.45, 2.75) is 130 Å². The molecule has 1 aromatic rings. The number of hydrogen-bond acceptors (Lipinski definition) is 8. The van der Waals surface area contributed by atoms with Gasteiger partial charge in [-0.3, -0.25) is 24.1 Å². The van der Waals surface area contributed by atoms with Gasteiger partial charge in [0.2, 0.25) is 23.6 Å². The maximum Gasteiger partial charge on any atom is 0.245 e. The van der Waals surface area contributed by atoms with E-state index in [1.807, 2.05) is 90.9 Å². The summed E-state index contributed by atoms with van der Waals surface area (Å²) in [6.07, 6.45) is 0.148. The Labute approximate surface area is 313 Å². The number of hydrogen-bond donors (Lipinski definition) is 3. The topological polar surface area (TPSA) is 141 Å². The highest BCUT2D eigenvalue weighted by Crippen LogP contribution is 2.30. The van der Waals surface area contributed by atoms with Gasteiger partial charge in [-0.2, -0.15) is 0 Å². The molecule has 0 bridgehead atoms. The van der Waals surface area contributed by atoms with Gasteiger partial charge >= 0.3 is 0 Å². The van der Waals surface area contributed by atoms with Crippen LogP contribution in [0.5, 0.6) is 0 Å². The van der Waals surface area contributed by atoms with Gasteiger partial charge in [-0.25, -0.2) is 0 Å². The lowest BCUT2D eigenvalue weighted by Gasteiger charge is -2.41. The summed E-state index contributed by atoms with van der Waals surface area (Å²) in [5.74, 6) is -1.57. The van der Waals surface area contributed by atoms with E-state index in [-0.39, 0.29) is 53.8 Å². The lowest BCUT2D eigenvalue weighted by molar-refractivity contribution is -0.148. The lowest BCUT2D eigenvalue weighted by Crippen LogP contribution is -2.59. The molecule has 9 unspecified atom stereocenters. The Morgan fingerprint density at radius 1 is 0.904 bits per heavy atom. The van der Waals surface area contributed by atoms with E-state index in [1.165, 1.54) is 0 Å². The van der Waals surface area contributed by atoms with Crippen molar-refractivity contribution in [1.82, 2.24) is 25.3 Å². The average molecular weight is 732 g/mol. The minimum Gasteiger partial charge on any atom is -0.386 e. The van der Waals surface area contributed by atoms with Crippen molar-refractivity contribution < 1.29 is 33.8 Å². The highest BCUT2D eigenvalue weighted by atomic mass is 16.5. The smallest absolute Gasteiger partial charge is 0.245 e. The molecule has 0 aliphatic carbocycles. The van der Waals surface area contributed by atoms with Crippen molar-refractivity contribution in [2.75, 3.05) is 41.9 Å². The van der Waals surface area contributed by atoms with Crippen LogP contribution in [-0.2, 0) is 28.7 Å². The van der Waals surface area contributed by atoms with E-state index in [1.54, 1.807) is 44.9 Å². The second kappa shape index (κ2) is 21.0. The predicted octanol–water partition coefficient (Wildman–Crippen LogP) is 3.87. The number of amides is 4. The molecular formula is C40H69N5O7. The fourth-order valence-corrected chi connectivity index (χ4v) is 7.78. The van der Waals surface area contributed by atoms with Gasteiger partial charge in [0.05, 0.1) is 54.8 Å². The normalized spacial score (nSPS) is 20.1. The third-order valence-electron chi connectivity index (χ3n) is 10.9. The summed E-state index contributed by atoms with van der Waals surface area (Å²) in [6.45, 7) is 16.0. The second-order valence-corrected chi connectivity index (χ2v) is 15.6. The highest BCUT2D eigenvalue weighted by molar-refractivity contribution is 5.90. The maximum absolute atomic E-state index is 14.2. The number of nitrogens with zero attached hydrogens (tertiary/aromatic N) is 3. The zero-order valence-corrected chi connectivity index (χ0v) is 34.1. The summed E-state index contributed by atoms with van der Waals surface area (Å²) in [5, 5.41) is 16.8. The number of aliphatic hydroxyl groups excluding tert-OH is 1. The number of ether oxygens (including phenoxy) is 2. The van der Waals surface area contributed by atoms with E-state index in [2.05, 4.69) is 10.6 Å². The average Bonchev–Trinajstić information content (AvgIpc) is 3.59. The molecule has 1 aromatic carbocycles. The number of methoxy groups -OCH3 is 2. The number of nitrogens with one attached hydrogen (secondary N) is 2. The summed E-state index contributed by atoms with van der Waals surface area (Å²) in [6, 6.07) is 6.72. The lowest BCUT2D eigenvalue weighted by atomic mass is 9.89. The molecule has 1 saturated heterocycles. The molecule has 0 spiro atoms. The molecule has 0 radical (unpaired) electrons. The molecule has 0 aromatic heterocycles. The Hall–Kier alpha value is -3.06. The molecule has 3 N–H and O–H groups in total. The van der Waals surface area contributed by atoms with Crippen molar-refractivity contribution in [3.8, 4) is 0 Å². The molecule has 1 aliphatic heterocycles. The first-order valence-corrected chi connectivity index (χ1v) is 19.0. The largest absolute Gasteiger partial charge is 0.386 e. The minimum absolute atomic E-state index is 0.0153. The number of carbonyl (C=O) groups excluding carboxylic acids is 4. The number of likely N-dealkylation sites (tertiary alicyclic amines) is 1. The molecule has 12 heteroatoms. The molecule has 1 fully saturated rings. The number of likely N-dealkylation sites (N-methyl/N-ethyl adjacent to an activating group) is 2. The van der Waals surface area contributed by atoms with E-state index >= 15 is 0 Å². The SMILES string of the molecule is CCC(C)C(C(CC(=O)N1CCCC1C(OC)C(C)C(=O)NC(C)C(O)c1ccccc1)OC)N(C)C(=O)[C@@H](NC(=O)C(C(C)C)N(C)C)C(C)C. The van der Waals surface area contributed by atoms with E-state index in [0.29, 0.717) is 18.5 Å². The summed E-state index contributed by atoms with van der Waals surface area (Å²) >= 11 is 0. The minimum atomic E-state index is -0.876. The van der Waals surface area contributed by atoms with Crippen molar-refractivity contribution in [3.63, 3.8) is 0 Å². The van der Waals surface area contributed by atoms with Gasteiger partial charge in [0.1, 0.15) is 6.04 Å². The number of carbonyl (C=O) groups is 4. The molecule has 52 heavy (non-hydrogen) atoms. The quantitative estimate of drug-likeness (QED) is 0.184. The van der Waals surface area contributed by atoms with Crippen LogP contribution in [0.1, 0.15) is 92.7 Å². The fraction of sp³-hybridized carbons (Fsp3) is 0.750. The van der Waals surface area contributed by atoms with Crippen molar-refractivity contribution in [2.24, 2.45) is 23.7 Å². The molecular weight excluding hydrogens is 662 g/mol. The van der Waals surface area contributed by atoms with E-state index in [9.17, 15) is 24.3 Å². The summed E-state index contributed by atoms with van der Waals surface area (Å²) in [4.78, 5) is 60.6. The van der Waals surface area contributed by atoms with Crippen LogP contribution in [-0.4, -0.2) is 128 Å². The van der Waals surface area contributed by atoms with Gasteiger partial charge in [0.15, 0.2) is 0 Å². The molecule has 12 nitrogen and oxygen atoms in total. The Balaban J connectivity index is 2.25. The molecule has 1 heterocycles. The number of rotatable bonds is 20. The zero-order chi connectivity index (χ0) is 39.4. The Morgan fingerprint density at radius 3 is 2.02 bits per heavy atom. The van der Waals surface area contributed by atoms with Gasteiger partial charge in [0.25, 0.3) is 0 Å². The van der Waals surface area contributed by atoms with Crippen LogP contribution in [0.3, 0.4) is 0 Å². The standard InChI is InChI=1S/C40H69N5O7/c1-14-26(6)35(44(11)40(50)33(24(2)3)42-39(49)34(25(4)5)43(9)10)31(51-12)23-32(46)45-22-18-21-30(45)37(52-13)27(7)38(48)41-28(8)36(47)29-19-16-15-17-20-29/h15-17,19-20,24-28,30-31,33-37,47H,14,18,21-23H2,1-13H3,(H,41,48)(H,42,49)/t26?,27?,28?,30?,31?,33-,34?,35?,36?,37?/m0/s1. The van der Waals surface area contributed by atoms with E-state index in [0.717, 1.165) is 12.8 Å². The Kier molecular flexibility index (Phi) is 18.2. The van der Waals surface area contributed by atoms with Crippen LogP contribution < -0.4 is 10.6 Å². The molecule has 1 aliphatic rings. The zero-order valence-electron chi connectivity index (χ0n) is 34.1. The molecule has 4 amide bonds. The van der Waals surface area contributed by atoms with Crippen LogP contribution in [0.4, 0.5) is 0 Å². The third-order valence-corrected chi connectivity index (χ3v) is 10.9. The van der Waals surface area contributed by atoms with Gasteiger partial charge < -0.3 is 35.0 Å². The van der Waals surface area contributed by atoms with Gasteiger partial charge in [0, 0.05) is 27.8 Å². The monoisotopic (exact) mass is 732 g/mol. The van der Waals surface area contributed by atoms with Crippen LogP contribution in [0, 0.1) is 23.7 Å². The third kappa shape index (κ3) is 11.5. The van der Waals surface area contributed by atoms with Gasteiger partial charge in [-0.15, -0.1) is 0 Å². The van der Waals surface area contributed by atoms with Crippen molar-refractivity contribution in [3.05, 3.63) is 35.9 Å². The number of aliphatic hydroxyl groups is 1. The Bertz CT molecular complexity index is 1270. The summed E-state index contributed by atoms with van der Waals surface area (Å²) in [7, 11) is 8.57. The van der Waals surface area contributed by atoms with Gasteiger partial charge in [-0.05, 0) is 57.2 Å². The van der Waals surface area contributed by atoms with Crippen LogP contribution in [0.25, 0.3) is 0 Å². The van der Waals surface area contributed by atoms with E-state index < -0.39 is 48.4 Å². The fourth-order valence-electron chi connectivity index (χ4n) is 7.78. The second-order valence-electron chi connectivity index (χ2n) is 15.6. The molecule has 296 valence electrons. The van der Waals surface area contributed by atoms with Crippen LogP contribution >= 0.6 is 0 Å². The summed E-state index contributed by atoms with van der Waals surface area (Å²) in [5.41, 5.74) is 0.711. The van der Waals surface area contributed by atoms with E-state index in [4.69, 9.17) is 9.47 Å². The summed E-state index contributed by atoms with van der Waals surface area (Å²) < 4.78 is 11.9. The highest BCUT2D eigenvalue weighted by Gasteiger charge is 2.43. The van der Waals surface area contributed by atoms with Crippen LogP contribution in [0.15, 0.2) is 30.3 Å². The maximum atomic E-state index is 14.2.